The van der Waals surface area contributed by atoms with Gasteiger partial charge in [-0.05, 0) is 32.1 Å². The monoisotopic (exact) mass is 353 g/mol. The van der Waals surface area contributed by atoms with Crippen LogP contribution in [-0.4, -0.2) is 67.0 Å². The second-order valence-electron chi connectivity index (χ2n) is 6.81. The molecule has 0 amide bonds. The Morgan fingerprint density at radius 2 is 1.88 bits per heavy atom. The number of nitrogens with zero attached hydrogens (tertiary/aromatic N) is 3. The zero-order valence-corrected chi connectivity index (χ0v) is 15.6. The summed E-state index contributed by atoms with van der Waals surface area (Å²) in [5, 5.41) is 8.89. The van der Waals surface area contributed by atoms with Crippen molar-refractivity contribution in [3.8, 4) is 0 Å². The first-order chi connectivity index (χ1) is 11.4. The van der Waals surface area contributed by atoms with E-state index in [1.165, 1.54) is 11.1 Å². The third-order valence-electron chi connectivity index (χ3n) is 4.83. The smallest absolute Gasteiger partial charge is 0.128 e. The first-order valence-electron chi connectivity index (χ1n) is 8.46. The minimum atomic E-state index is 0.0472. The van der Waals surface area contributed by atoms with Crippen molar-refractivity contribution in [2.45, 2.75) is 37.5 Å². The molecule has 6 nitrogen and oxygen atoms in total. The molecule has 1 aromatic rings. The van der Waals surface area contributed by atoms with Crippen LogP contribution in [-0.2, 0) is 11.4 Å². The van der Waals surface area contributed by atoms with E-state index < -0.39 is 0 Å². The Balaban J connectivity index is 1.55. The molecule has 2 heterocycles. The average Bonchev–Trinajstić information content (AvgIpc) is 2.89. The van der Waals surface area contributed by atoms with Crippen LogP contribution in [0.2, 0.25) is 0 Å². The third-order valence-corrected chi connectivity index (χ3v) is 5.30. The normalized spacial score (nSPS) is 33.2. The number of hydrogen-bond acceptors (Lipinski definition) is 6. The van der Waals surface area contributed by atoms with E-state index in [0.29, 0.717) is 6.17 Å². The highest BCUT2D eigenvalue weighted by molar-refractivity contribution is 6.20. The van der Waals surface area contributed by atoms with Gasteiger partial charge in [0.05, 0.1) is 11.7 Å². The van der Waals surface area contributed by atoms with Crippen LogP contribution in [0, 0.1) is 0 Å². The quantitative estimate of drug-likeness (QED) is 0.629. The molecule has 0 radical (unpaired) electrons. The van der Waals surface area contributed by atoms with E-state index in [0.717, 1.165) is 19.6 Å². The van der Waals surface area contributed by atoms with Crippen molar-refractivity contribution in [3.05, 3.63) is 35.4 Å². The van der Waals surface area contributed by atoms with Crippen LogP contribution >= 0.6 is 11.6 Å². The van der Waals surface area contributed by atoms with Gasteiger partial charge in [-0.2, -0.15) is 5.06 Å². The standard InChI is InChI=1S/C17H28ClN5O/c1-12-20-17(23(4)24-12)14-7-5-13(6-8-14)9-19-16-11-21(2)15(18)10-22(16)3/h5-8,12,15-17,19-20H,9-11H2,1-4H3. The summed E-state index contributed by atoms with van der Waals surface area (Å²) >= 11 is 6.28. The lowest BCUT2D eigenvalue weighted by Crippen LogP contribution is -2.58. The molecule has 2 aliphatic rings. The molecule has 24 heavy (non-hydrogen) atoms. The summed E-state index contributed by atoms with van der Waals surface area (Å²) in [6.07, 6.45) is 0.480. The number of likely N-dealkylation sites (N-methyl/N-ethyl adjacent to an activating group) is 2. The summed E-state index contributed by atoms with van der Waals surface area (Å²) in [4.78, 5) is 10.1. The largest absolute Gasteiger partial charge is 0.297 e. The highest BCUT2D eigenvalue weighted by atomic mass is 35.5. The Kier molecular flexibility index (Phi) is 5.77. The number of piperazine rings is 1. The molecular formula is C17H28ClN5O. The zero-order chi connectivity index (χ0) is 17.3. The van der Waals surface area contributed by atoms with Gasteiger partial charge in [0.1, 0.15) is 12.4 Å². The average molecular weight is 354 g/mol. The molecule has 4 unspecified atom stereocenters. The van der Waals surface area contributed by atoms with Crippen LogP contribution in [0.3, 0.4) is 0 Å². The Labute approximate surface area is 149 Å². The Morgan fingerprint density at radius 1 is 1.17 bits per heavy atom. The summed E-state index contributed by atoms with van der Waals surface area (Å²) in [6, 6.07) is 8.69. The van der Waals surface area contributed by atoms with Gasteiger partial charge in [0.25, 0.3) is 0 Å². The first-order valence-corrected chi connectivity index (χ1v) is 8.90. The number of hydroxylamine groups is 2. The number of halogens is 1. The molecule has 0 spiro atoms. The number of benzene rings is 1. The fraction of sp³-hybridized carbons (Fsp3) is 0.647. The van der Waals surface area contributed by atoms with Crippen LogP contribution in [0.25, 0.3) is 0 Å². The third kappa shape index (κ3) is 4.08. The maximum absolute atomic E-state index is 6.28. The SMILES string of the molecule is CC1NC(c2ccc(CNC3CN(C)C(Cl)CN3C)cc2)N(C)O1. The minimum Gasteiger partial charge on any atom is -0.297 e. The van der Waals surface area contributed by atoms with Crippen molar-refractivity contribution < 1.29 is 4.84 Å². The fourth-order valence-corrected chi connectivity index (χ4v) is 3.58. The van der Waals surface area contributed by atoms with Crippen LogP contribution in [0.4, 0.5) is 0 Å². The van der Waals surface area contributed by atoms with Crippen LogP contribution in [0.1, 0.15) is 24.2 Å². The summed E-state index contributed by atoms with van der Waals surface area (Å²) in [5.41, 5.74) is 2.58. The van der Waals surface area contributed by atoms with E-state index in [9.17, 15) is 0 Å². The number of hydrogen-bond donors (Lipinski definition) is 2. The summed E-state index contributed by atoms with van der Waals surface area (Å²) < 4.78 is 0. The van der Waals surface area contributed by atoms with Gasteiger partial charge >= 0.3 is 0 Å². The van der Waals surface area contributed by atoms with E-state index in [1.807, 2.05) is 19.0 Å². The molecule has 0 aromatic heterocycles. The number of alkyl halides is 1. The molecule has 7 heteroatoms. The number of nitrogens with one attached hydrogen (secondary N) is 2. The summed E-state index contributed by atoms with van der Waals surface area (Å²) in [5.74, 6) is 0. The zero-order valence-electron chi connectivity index (χ0n) is 14.9. The van der Waals surface area contributed by atoms with E-state index in [1.54, 1.807) is 0 Å². The molecular weight excluding hydrogens is 326 g/mol. The lowest BCUT2D eigenvalue weighted by atomic mass is 10.1. The molecule has 2 N–H and O–H groups in total. The molecule has 2 fully saturated rings. The van der Waals surface area contributed by atoms with Gasteiger partial charge in [0.15, 0.2) is 0 Å². The van der Waals surface area contributed by atoms with Crippen LogP contribution < -0.4 is 10.6 Å². The Hall–Kier alpha value is -0.730. The van der Waals surface area contributed by atoms with E-state index >= 15 is 0 Å². The molecule has 134 valence electrons. The van der Waals surface area contributed by atoms with Crippen molar-refractivity contribution in [1.82, 2.24) is 25.5 Å². The van der Waals surface area contributed by atoms with Gasteiger partial charge in [-0.3, -0.25) is 25.3 Å². The molecule has 1 aromatic carbocycles. The predicted molar refractivity (Wildman–Crippen MR) is 96.2 cm³/mol. The molecule has 3 rings (SSSR count). The van der Waals surface area contributed by atoms with Crippen molar-refractivity contribution in [2.24, 2.45) is 0 Å². The van der Waals surface area contributed by atoms with Crippen molar-refractivity contribution in [3.63, 3.8) is 0 Å². The van der Waals surface area contributed by atoms with Crippen molar-refractivity contribution >= 4 is 11.6 Å². The predicted octanol–water partition coefficient (Wildman–Crippen LogP) is 1.36. The van der Waals surface area contributed by atoms with Gasteiger partial charge in [0.2, 0.25) is 0 Å². The highest BCUT2D eigenvalue weighted by Gasteiger charge is 2.29. The second-order valence-corrected chi connectivity index (χ2v) is 7.32. The van der Waals surface area contributed by atoms with Gasteiger partial charge in [-0.25, -0.2) is 0 Å². The highest BCUT2D eigenvalue weighted by Crippen LogP contribution is 2.23. The van der Waals surface area contributed by atoms with Crippen molar-refractivity contribution in [2.75, 3.05) is 34.2 Å². The van der Waals surface area contributed by atoms with Gasteiger partial charge in [0, 0.05) is 26.7 Å². The maximum Gasteiger partial charge on any atom is 0.128 e. The lowest BCUT2D eigenvalue weighted by molar-refractivity contribution is -0.139. The van der Waals surface area contributed by atoms with Crippen molar-refractivity contribution in [1.29, 1.82) is 0 Å². The molecule has 0 aliphatic carbocycles. The molecule has 4 atom stereocenters. The topological polar surface area (TPSA) is 43.0 Å². The molecule has 0 saturated carbocycles. The van der Waals surface area contributed by atoms with Gasteiger partial charge in [-0.1, -0.05) is 24.3 Å². The lowest BCUT2D eigenvalue weighted by Gasteiger charge is -2.41. The van der Waals surface area contributed by atoms with Gasteiger partial charge < -0.3 is 0 Å². The minimum absolute atomic E-state index is 0.0472. The Bertz CT molecular complexity index is 542. The molecule has 0 bridgehead atoms. The second kappa shape index (κ2) is 7.66. The molecule has 2 saturated heterocycles. The van der Waals surface area contributed by atoms with E-state index in [4.69, 9.17) is 16.4 Å². The van der Waals surface area contributed by atoms with E-state index in [-0.39, 0.29) is 17.9 Å². The first kappa shape index (κ1) is 18.1. The summed E-state index contributed by atoms with van der Waals surface area (Å²) in [6.45, 7) is 4.65. The summed E-state index contributed by atoms with van der Waals surface area (Å²) in [7, 11) is 6.14. The van der Waals surface area contributed by atoms with E-state index in [2.05, 4.69) is 58.8 Å². The maximum atomic E-state index is 6.28. The van der Waals surface area contributed by atoms with Crippen LogP contribution in [0.5, 0.6) is 0 Å². The van der Waals surface area contributed by atoms with Crippen LogP contribution in [0.15, 0.2) is 24.3 Å². The number of rotatable bonds is 4. The fourth-order valence-electron chi connectivity index (χ4n) is 3.28. The Morgan fingerprint density at radius 3 is 2.50 bits per heavy atom. The van der Waals surface area contributed by atoms with Gasteiger partial charge in [-0.15, -0.1) is 11.6 Å². The molecule has 2 aliphatic heterocycles.